The van der Waals surface area contributed by atoms with Crippen molar-refractivity contribution in [2.45, 2.75) is 63.7 Å². The summed E-state index contributed by atoms with van der Waals surface area (Å²) in [5, 5.41) is 26.4. The van der Waals surface area contributed by atoms with Crippen LogP contribution in [-0.2, 0) is 32.6 Å². The van der Waals surface area contributed by atoms with Crippen molar-refractivity contribution in [3.63, 3.8) is 0 Å². The molecule has 0 saturated carbocycles. The molecule has 13 nitrogen and oxygen atoms in total. The topological polar surface area (TPSA) is 173 Å². The van der Waals surface area contributed by atoms with Crippen LogP contribution in [0.3, 0.4) is 0 Å². The zero-order valence-electron chi connectivity index (χ0n) is 28.1. The van der Waals surface area contributed by atoms with Gasteiger partial charge >= 0.3 is 6.03 Å². The number of aliphatic hydroxyl groups excluding tert-OH is 1. The molecule has 3 N–H and O–H groups in total. The molecule has 1 aliphatic heterocycles. The molecular formula is C35H44N6O7S. The minimum absolute atomic E-state index is 0.00794. The molecule has 2 heterocycles. The normalized spacial score (nSPS) is 15.8. The van der Waals surface area contributed by atoms with Crippen molar-refractivity contribution >= 4 is 34.1 Å². The average molecular weight is 693 g/mol. The summed E-state index contributed by atoms with van der Waals surface area (Å²) in [5.74, 6) is -1.53. The Morgan fingerprint density at radius 2 is 1.67 bits per heavy atom. The molecule has 1 aliphatic rings. The van der Waals surface area contributed by atoms with Gasteiger partial charge in [0.25, 0.3) is 5.91 Å². The first kappa shape index (κ1) is 37.2. The molecule has 4 rings (SSSR count). The summed E-state index contributed by atoms with van der Waals surface area (Å²) >= 11 is 0. The van der Waals surface area contributed by atoms with Crippen molar-refractivity contribution < 1.29 is 33.1 Å². The van der Waals surface area contributed by atoms with Crippen LogP contribution >= 0.6 is 0 Å². The number of aliphatic hydroxyl groups is 1. The summed E-state index contributed by atoms with van der Waals surface area (Å²) in [7, 11) is -4.09. The Morgan fingerprint density at radius 3 is 2.27 bits per heavy atom. The molecule has 14 heteroatoms. The number of benzene rings is 2. The summed E-state index contributed by atoms with van der Waals surface area (Å²) < 4.78 is 28.9. The zero-order chi connectivity index (χ0) is 35.7. The largest absolute Gasteiger partial charge is 0.411 e. The van der Waals surface area contributed by atoms with Gasteiger partial charge in [-0.3, -0.25) is 19.5 Å². The third kappa shape index (κ3) is 9.49. The van der Waals surface area contributed by atoms with Gasteiger partial charge in [0.2, 0.25) is 15.9 Å². The fourth-order valence-electron chi connectivity index (χ4n) is 5.77. The molecule has 262 valence electrons. The summed E-state index contributed by atoms with van der Waals surface area (Å²) in [5.41, 5.74) is 1.82. The second kappa shape index (κ2) is 16.6. The van der Waals surface area contributed by atoms with Crippen molar-refractivity contribution in [3.8, 4) is 0 Å². The number of hydrogen-bond donors (Lipinski definition) is 3. The van der Waals surface area contributed by atoms with Crippen LogP contribution in [0.2, 0.25) is 0 Å². The van der Waals surface area contributed by atoms with E-state index in [-0.39, 0.29) is 43.4 Å². The van der Waals surface area contributed by atoms with Crippen molar-refractivity contribution in [3.05, 3.63) is 95.8 Å². The molecule has 0 aliphatic carbocycles. The molecule has 49 heavy (non-hydrogen) atoms. The fraction of sp³-hybridized carbons (Fsp3) is 0.400. The lowest BCUT2D eigenvalue weighted by atomic mass is 9.97. The zero-order valence-corrected chi connectivity index (χ0v) is 28.9. The highest BCUT2D eigenvalue weighted by Crippen LogP contribution is 2.23. The molecule has 1 fully saturated rings. The maximum atomic E-state index is 14.0. The summed E-state index contributed by atoms with van der Waals surface area (Å²) in [4.78, 5) is 47.0. The van der Waals surface area contributed by atoms with Crippen LogP contribution in [-0.4, -0.2) is 99.7 Å². The van der Waals surface area contributed by atoms with Crippen molar-refractivity contribution in [2.24, 2.45) is 17.0 Å². The van der Waals surface area contributed by atoms with E-state index in [1.165, 1.54) is 39.7 Å². The maximum absolute atomic E-state index is 14.0. The summed E-state index contributed by atoms with van der Waals surface area (Å²) in [6, 6.07) is 17.5. The smallest absolute Gasteiger partial charge is 0.328 e. The molecule has 3 aromatic rings. The summed E-state index contributed by atoms with van der Waals surface area (Å²) in [6.45, 7) is 6.68. The lowest BCUT2D eigenvalue weighted by molar-refractivity contribution is -0.129. The molecule has 0 spiro atoms. The summed E-state index contributed by atoms with van der Waals surface area (Å²) in [6.07, 6.45) is 1.56. The first-order valence-corrected chi connectivity index (χ1v) is 17.6. The Balaban J connectivity index is 1.59. The number of urea groups is 1. The number of carbonyl (C=O) groups excluding carboxylic acids is 3. The average Bonchev–Trinajstić information content (AvgIpc) is 3.33. The third-order valence-electron chi connectivity index (χ3n) is 8.14. The Labute approximate surface area is 287 Å². The molecule has 4 amide bonds. The number of carbonyl (C=O) groups is 3. The number of imide groups is 1. The van der Waals surface area contributed by atoms with Gasteiger partial charge in [-0.25, -0.2) is 13.2 Å². The first-order valence-electron chi connectivity index (χ1n) is 16.1. The SMILES string of the molecule is CC(C)CN(C[C@@H](O)[C@H](Cc1ccccc1)NC(=O)C(C(C)C)N1CC(=O)N(Cc2ccccn2)C1=O)S(=O)(=O)c1ccc(/C=N/O)cc1. The predicted octanol–water partition coefficient (Wildman–Crippen LogP) is 3.11. The van der Waals surface area contributed by atoms with Crippen LogP contribution in [0.5, 0.6) is 0 Å². The van der Waals surface area contributed by atoms with Crippen LogP contribution in [0.4, 0.5) is 4.79 Å². The number of nitrogens with zero attached hydrogens (tertiary/aromatic N) is 5. The maximum Gasteiger partial charge on any atom is 0.328 e. The molecule has 2 aromatic carbocycles. The van der Waals surface area contributed by atoms with E-state index in [0.717, 1.165) is 10.5 Å². The molecule has 0 bridgehead atoms. The Kier molecular flexibility index (Phi) is 12.6. The number of nitrogens with one attached hydrogen (secondary N) is 1. The van der Waals surface area contributed by atoms with E-state index in [2.05, 4.69) is 15.5 Å². The molecule has 1 saturated heterocycles. The van der Waals surface area contributed by atoms with E-state index in [9.17, 15) is 27.9 Å². The van der Waals surface area contributed by atoms with Crippen molar-refractivity contribution in [2.75, 3.05) is 19.6 Å². The minimum atomic E-state index is -4.09. The van der Waals surface area contributed by atoms with E-state index in [1.54, 1.807) is 38.2 Å². The number of rotatable bonds is 16. The first-order chi connectivity index (χ1) is 23.3. The standard InChI is InChI=1S/C35H44N6O7S/c1-24(2)20-39(49(47,48)29-15-13-27(14-16-29)19-37-46)22-31(42)30(18-26-10-6-5-7-11-26)38-34(44)33(25(3)4)41-23-32(43)40(35(41)45)21-28-12-8-9-17-36-28/h5-17,19,24-25,30-31,33,42,46H,18,20-23H2,1-4H3,(H,38,44)/b37-19+/t30-,31+,33?/m0/s1. The number of sulfonamides is 1. The van der Waals surface area contributed by atoms with Crippen LogP contribution in [0, 0.1) is 11.8 Å². The van der Waals surface area contributed by atoms with Crippen LogP contribution < -0.4 is 5.32 Å². The van der Waals surface area contributed by atoms with Gasteiger partial charge in [-0.2, -0.15) is 4.31 Å². The highest BCUT2D eigenvalue weighted by molar-refractivity contribution is 7.89. The fourth-order valence-corrected chi connectivity index (χ4v) is 7.39. The highest BCUT2D eigenvalue weighted by atomic mass is 32.2. The van der Waals surface area contributed by atoms with E-state index < -0.39 is 52.0 Å². The number of amides is 4. The quantitative estimate of drug-likeness (QED) is 0.0889. The van der Waals surface area contributed by atoms with Gasteiger partial charge in [0.05, 0.1) is 35.5 Å². The van der Waals surface area contributed by atoms with Gasteiger partial charge in [0, 0.05) is 19.3 Å². The second-order valence-corrected chi connectivity index (χ2v) is 14.7. The van der Waals surface area contributed by atoms with Gasteiger partial charge in [-0.05, 0) is 53.6 Å². The number of aromatic nitrogens is 1. The minimum Gasteiger partial charge on any atom is -0.411 e. The van der Waals surface area contributed by atoms with Gasteiger partial charge < -0.3 is 20.5 Å². The Bertz CT molecular complexity index is 1700. The van der Waals surface area contributed by atoms with Gasteiger partial charge in [0.15, 0.2) is 0 Å². The number of oxime groups is 1. The predicted molar refractivity (Wildman–Crippen MR) is 183 cm³/mol. The second-order valence-electron chi connectivity index (χ2n) is 12.8. The van der Waals surface area contributed by atoms with Gasteiger partial charge in [-0.1, -0.05) is 81.4 Å². The van der Waals surface area contributed by atoms with Crippen LogP contribution in [0.15, 0.2) is 89.0 Å². The molecule has 3 atom stereocenters. The lowest BCUT2D eigenvalue weighted by Crippen LogP contribution is -2.57. The lowest BCUT2D eigenvalue weighted by Gasteiger charge is -2.34. The van der Waals surface area contributed by atoms with E-state index in [4.69, 9.17) is 5.21 Å². The molecule has 1 aromatic heterocycles. The van der Waals surface area contributed by atoms with Crippen molar-refractivity contribution in [1.82, 2.24) is 24.4 Å². The van der Waals surface area contributed by atoms with Gasteiger partial charge in [-0.15, -0.1) is 0 Å². The van der Waals surface area contributed by atoms with Crippen molar-refractivity contribution in [1.29, 1.82) is 0 Å². The van der Waals surface area contributed by atoms with Gasteiger partial charge in [0.1, 0.15) is 12.6 Å². The van der Waals surface area contributed by atoms with E-state index in [0.29, 0.717) is 11.3 Å². The molecular weight excluding hydrogens is 648 g/mol. The Hall–Kier alpha value is -4.66. The van der Waals surface area contributed by atoms with Crippen LogP contribution in [0.25, 0.3) is 0 Å². The number of hydrogen-bond acceptors (Lipinski definition) is 9. The monoisotopic (exact) mass is 692 g/mol. The third-order valence-corrected chi connectivity index (χ3v) is 9.99. The Morgan fingerprint density at radius 1 is 1.00 bits per heavy atom. The molecule has 1 unspecified atom stereocenters. The molecule has 0 radical (unpaired) electrons. The van der Waals surface area contributed by atoms with E-state index in [1.807, 2.05) is 44.2 Å². The van der Waals surface area contributed by atoms with E-state index >= 15 is 0 Å². The van der Waals surface area contributed by atoms with Crippen LogP contribution in [0.1, 0.15) is 44.5 Å². The number of pyridine rings is 1. The highest BCUT2D eigenvalue weighted by Gasteiger charge is 2.44.